The van der Waals surface area contributed by atoms with Crippen molar-refractivity contribution in [2.75, 3.05) is 13.2 Å². The third kappa shape index (κ3) is 7.96. The molecule has 0 aliphatic rings. The molecule has 0 amide bonds. The average molecular weight is 347 g/mol. The van der Waals surface area contributed by atoms with Gasteiger partial charge in [0.1, 0.15) is 5.75 Å². The van der Waals surface area contributed by atoms with Crippen LogP contribution < -0.4 is 10.1 Å². The number of hydrogen-bond donors (Lipinski definition) is 1. The fraction of sp³-hybridized carbons (Fsp3) is 0.500. The third-order valence-corrected chi connectivity index (χ3v) is 2.94. The minimum Gasteiger partial charge on any atom is -0.494 e. The van der Waals surface area contributed by atoms with Crippen LogP contribution >= 0.6 is 0 Å². The lowest BCUT2D eigenvalue weighted by Crippen LogP contribution is -2.29. The Morgan fingerprint density at radius 1 is 1.25 bits per heavy atom. The van der Waals surface area contributed by atoms with Crippen LogP contribution in [-0.2, 0) is 20.9 Å². The lowest BCUT2D eigenvalue weighted by Gasteiger charge is -2.09. The van der Waals surface area contributed by atoms with Crippen LogP contribution in [0.15, 0.2) is 24.3 Å². The van der Waals surface area contributed by atoms with E-state index in [1.54, 1.807) is 0 Å². The van der Waals surface area contributed by atoms with E-state index in [-0.39, 0.29) is 13.0 Å². The zero-order chi connectivity index (χ0) is 18.0. The summed E-state index contributed by atoms with van der Waals surface area (Å²) >= 11 is 0. The lowest BCUT2D eigenvalue weighted by molar-refractivity contribution is -0.201. The topological polar surface area (TPSA) is 64.6 Å². The van der Waals surface area contributed by atoms with Crippen LogP contribution in [0.25, 0.3) is 0 Å². The Morgan fingerprint density at radius 3 is 2.67 bits per heavy atom. The SMILES string of the molecule is CCCCOc1cccc(CNCCC(=O)OC(=O)C(F)(F)F)c1. The van der Waals surface area contributed by atoms with E-state index < -0.39 is 18.1 Å². The maximum atomic E-state index is 11.9. The van der Waals surface area contributed by atoms with Gasteiger partial charge in [-0.15, -0.1) is 0 Å². The summed E-state index contributed by atoms with van der Waals surface area (Å²) in [5.74, 6) is -2.98. The molecule has 0 bridgehead atoms. The molecule has 1 aromatic rings. The average Bonchev–Trinajstić information content (AvgIpc) is 2.51. The van der Waals surface area contributed by atoms with Crippen LogP contribution in [0.1, 0.15) is 31.7 Å². The van der Waals surface area contributed by atoms with Crippen LogP contribution in [0.3, 0.4) is 0 Å². The number of hydrogen-bond acceptors (Lipinski definition) is 5. The van der Waals surface area contributed by atoms with E-state index in [1.165, 1.54) is 0 Å². The first-order chi connectivity index (χ1) is 11.3. The summed E-state index contributed by atoms with van der Waals surface area (Å²) in [6.45, 7) is 3.19. The Kier molecular flexibility index (Phi) is 8.25. The second-order valence-electron chi connectivity index (χ2n) is 5.04. The summed E-state index contributed by atoms with van der Waals surface area (Å²) in [4.78, 5) is 21.6. The predicted octanol–water partition coefficient (Wildman–Crippen LogP) is 2.98. The molecule has 0 saturated heterocycles. The van der Waals surface area contributed by atoms with Gasteiger partial charge in [-0.05, 0) is 24.1 Å². The minimum atomic E-state index is -5.17. The summed E-state index contributed by atoms with van der Waals surface area (Å²) < 4.78 is 45.0. The lowest BCUT2D eigenvalue weighted by atomic mass is 10.2. The van der Waals surface area contributed by atoms with Crippen LogP contribution in [0.5, 0.6) is 5.75 Å². The number of benzene rings is 1. The van der Waals surface area contributed by atoms with Gasteiger partial charge in [0.25, 0.3) is 0 Å². The first kappa shape index (κ1) is 20.0. The molecule has 1 N–H and O–H groups in total. The quantitative estimate of drug-likeness (QED) is 0.423. The molecule has 24 heavy (non-hydrogen) atoms. The zero-order valence-corrected chi connectivity index (χ0v) is 13.3. The van der Waals surface area contributed by atoms with Crippen LogP contribution in [0.2, 0.25) is 0 Å². The highest BCUT2D eigenvalue weighted by Gasteiger charge is 2.42. The molecular weight excluding hydrogens is 327 g/mol. The van der Waals surface area contributed by atoms with Crippen molar-refractivity contribution in [1.29, 1.82) is 0 Å². The monoisotopic (exact) mass is 347 g/mol. The molecule has 0 fully saturated rings. The van der Waals surface area contributed by atoms with Crippen molar-refractivity contribution in [3.8, 4) is 5.75 Å². The molecule has 134 valence electrons. The number of nitrogens with one attached hydrogen (secondary N) is 1. The van der Waals surface area contributed by atoms with Crippen molar-refractivity contribution < 1.29 is 32.2 Å². The van der Waals surface area contributed by atoms with Crippen LogP contribution in [-0.4, -0.2) is 31.3 Å². The van der Waals surface area contributed by atoms with Gasteiger partial charge in [0.15, 0.2) is 0 Å². The molecule has 8 heteroatoms. The molecule has 0 aliphatic carbocycles. The molecular formula is C16H20F3NO4. The molecule has 0 saturated carbocycles. The van der Waals surface area contributed by atoms with Crippen molar-refractivity contribution in [3.05, 3.63) is 29.8 Å². The highest BCUT2D eigenvalue weighted by Crippen LogP contribution is 2.17. The Bertz CT molecular complexity index is 546. The number of halogens is 3. The van der Waals surface area contributed by atoms with Crippen molar-refractivity contribution in [2.45, 2.75) is 38.9 Å². The van der Waals surface area contributed by atoms with Gasteiger partial charge < -0.3 is 14.8 Å². The molecule has 0 aromatic heterocycles. The Labute approximate surface area is 138 Å². The van der Waals surface area contributed by atoms with Crippen molar-refractivity contribution >= 4 is 11.9 Å². The van der Waals surface area contributed by atoms with Gasteiger partial charge in [0.05, 0.1) is 13.0 Å². The van der Waals surface area contributed by atoms with Gasteiger partial charge in [-0.1, -0.05) is 25.5 Å². The third-order valence-electron chi connectivity index (χ3n) is 2.94. The molecule has 0 atom stereocenters. The van der Waals surface area contributed by atoms with Crippen LogP contribution in [0.4, 0.5) is 13.2 Å². The highest BCUT2D eigenvalue weighted by molar-refractivity contribution is 5.88. The summed E-state index contributed by atoms with van der Waals surface area (Å²) in [6, 6.07) is 7.35. The Morgan fingerprint density at radius 2 is 2.00 bits per heavy atom. The molecule has 0 heterocycles. The maximum absolute atomic E-state index is 11.9. The summed E-state index contributed by atoms with van der Waals surface area (Å²) in [5, 5.41) is 2.89. The zero-order valence-electron chi connectivity index (χ0n) is 13.3. The number of carbonyl (C=O) groups excluding carboxylic acids is 2. The van der Waals surface area contributed by atoms with E-state index in [1.807, 2.05) is 24.3 Å². The molecule has 0 radical (unpaired) electrons. The first-order valence-electron chi connectivity index (χ1n) is 7.57. The van der Waals surface area contributed by atoms with E-state index in [0.717, 1.165) is 24.2 Å². The second-order valence-corrected chi connectivity index (χ2v) is 5.04. The van der Waals surface area contributed by atoms with E-state index in [9.17, 15) is 22.8 Å². The first-order valence-corrected chi connectivity index (χ1v) is 7.57. The number of alkyl halides is 3. The predicted molar refractivity (Wildman–Crippen MR) is 80.3 cm³/mol. The molecule has 1 aromatic carbocycles. The molecule has 1 rings (SSSR count). The fourth-order valence-electron chi connectivity index (χ4n) is 1.72. The smallest absolute Gasteiger partial charge is 0.491 e. The van der Waals surface area contributed by atoms with E-state index in [4.69, 9.17) is 4.74 Å². The molecule has 0 unspecified atom stereocenters. The molecule has 0 spiro atoms. The summed E-state index contributed by atoms with van der Waals surface area (Å²) in [5.41, 5.74) is 0.906. The normalized spacial score (nSPS) is 11.2. The summed E-state index contributed by atoms with van der Waals surface area (Å²) in [7, 11) is 0. The maximum Gasteiger partial charge on any atom is 0.491 e. The number of unbranched alkanes of at least 4 members (excludes halogenated alkanes) is 1. The molecule has 0 aliphatic heterocycles. The van der Waals surface area contributed by atoms with Gasteiger partial charge in [0.2, 0.25) is 0 Å². The number of rotatable bonds is 9. The Hall–Kier alpha value is -2.09. The highest BCUT2D eigenvalue weighted by atomic mass is 19.4. The number of carbonyl (C=O) groups is 2. The van der Waals surface area contributed by atoms with Gasteiger partial charge >= 0.3 is 18.1 Å². The van der Waals surface area contributed by atoms with Crippen LogP contribution in [0, 0.1) is 0 Å². The van der Waals surface area contributed by atoms with Crippen molar-refractivity contribution in [2.24, 2.45) is 0 Å². The van der Waals surface area contributed by atoms with Gasteiger partial charge in [-0.3, -0.25) is 4.79 Å². The number of ether oxygens (including phenoxy) is 2. The second kappa shape index (κ2) is 9.92. The van der Waals surface area contributed by atoms with E-state index in [0.29, 0.717) is 13.2 Å². The number of esters is 2. The van der Waals surface area contributed by atoms with E-state index in [2.05, 4.69) is 17.0 Å². The minimum absolute atomic E-state index is 0.0882. The summed E-state index contributed by atoms with van der Waals surface area (Å²) in [6.07, 6.45) is -3.51. The van der Waals surface area contributed by atoms with Crippen molar-refractivity contribution in [3.63, 3.8) is 0 Å². The van der Waals surface area contributed by atoms with E-state index >= 15 is 0 Å². The standard InChI is InChI=1S/C16H20F3NO4/c1-2-3-9-23-13-6-4-5-12(10-13)11-20-8-7-14(21)24-15(22)16(17,18)19/h4-6,10,20H,2-3,7-9,11H2,1H3. The Balaban J connectivity index is 2.28. The van der Waals surface area contributed by atoms with Gasteiger partial charge in [0, 0.05) is 13.1 Å². The van der Waals surface area contributed by atoms with Gasteiger partial charge in [-0.25, -0.2) is 4.79 Å². The molecule has 5 nitrogen and oxygen atoms in total. The largest absolute Gasteiger partial charge is 0.494 e. The van der Waals surface area contributed by atoms with Crippen molar-refractivity contribution in [1.82, 2.24) is 5.32 Å². The fourth-order valence-corrected chi connectivity index (χ4v) is 1.72. The van der Waals surface area contributed by atoms with Gasteiger partial charge in [-0.2, -0.15) is 13.2 Å².